The van der Waals surface area contributed by atoms with Gasteiger partial charge >= 0.3 is 0 Å². The number of nitrogens with zero attached hydrogens (tertiary/aromatic N) is 5. The SMILES string of the molecule is CC(C(C)S(C)(=O)=O)N(C)c1ncnc2c1ncn2CC1(CO)COC1. The summed E-state index contributed by atoms with van der Waals surface area (Å²) in [5.41, 5.74) is 0.958. The third-order valence-corrected chi connectivity index (χ3v) is 7.08. The van der Waals surface area contributed by atoms with Crippen LogP contribution in [0.3, 0.4) is 0 Å². The number of ether oxygens (including phenoxy) is 1. The summed E-state index contributed by atoms with van der Waals surface area (Å²) in [4.78, 5) is 14.9. The van der Waals surface area contributed by atoms with Crippen LogP contribution in [0.25, 0.3) is 11.2 Å². The van der Waals surface area contributed by atoms with Gasteiger partial charge in [0.05, 0.1) is 36.8 Å². The molecule has 0 saturated carbocycles. The molecule has 1 N–H and O–H groups in total. The molecule has 0 aliphatic carbocycles. The molecular formula is C16H25N5O4S. The predicted molar refractivity (Wildman–Crippen MR) is 97.8 cm³/mol. The minimum absolute atomic E-state index is 0.0351. The van der Waals surface area contributed by atoms with Gasteiger partial charge in [0.1, 0.15) is 6.33 Å². The highest BCUT2D eigenvalue weighted by atomic mass is 32.2. The van der Waals surface area contributed by atoms with Gasteiger partial charge in [0.15, 0.2) is 26.8 Å². The first-order valence-corrected chi connectivity index (χ1v) is 10.4. The summed E-state index contributed by atoms with van der Waals surface area (Å²) in [5, 5.41) is 9.10. The first-order chi connectivity index (χ1) is 12.2. The van der Waals surface area contributed by atoms with Crippen molar-refractivity contribution in [2.75, 3.05) is 38.0 Å². The molecular weight excluding hydrogens is 358 g/mol. The van der Waals surface area contributed by atoms with E-state index in [0.717, 1.165) is 0 Å². The highest BCUT2D eigenvalue weighted by Gasteiger charge is 2.39. The van der Waals surface area contributed by atoms with Crippen molar-refractivity contribution >= 4 is 26.8 Å². The van der Waals surface area contributed by atoms with Crippen molar-refractivity contribution in [3.63, 3.8) is 0 Å². The fourth-order valence-corrected chi connectivity index (χ4v) is 3.99. The number of hydrogen-bond donors (Lipinski definition) is 1. The van der Waals surface area contributed by atoms with E-state index in [0.29, 0.717) is 36.7 Å². The van der Waals surface area contributed by atoms with E-state index in [2.05, 4.69) is 15.0 Å². The van der Waals surface area contributed by atoms with Crippen molar-refractivity contribution in [3.05, 3.63) is 12.7 Å². The second-order valence-corrected chi connectivity index (χ2v) is 9.68. The molecule has 0 amide bonds. The maximum atomic E-state index is 11.9. The summed E-state index contributed by atoms with van der Waals surface area (Å²) in [7, 11) is -1.37. The summed E-state index contributed by atoms with van der Waals surface area (Å²) >= 11 is 0. The summed E-state index contributed by atoms with van der Waals surface area (Å²) < 4.78 is 30.9. The average Bonchev–Trinajstić information content (AvgIpc) is 2.98. The number of sulfone groups is 1. The fraction of sp³-hybridized carbons (Fsp3) is 0.688. The first kappa shape index (κ1) is 19.0. The molecule has 144 valence electrons. The van der Waals surface area contributed by atoms with Crippen LogP contribution in [0.1, 0.15) is 13.8 Å². The number of aliphatic hydroxyl groups is 1. The van der Waals surface area contributed by atoms with Gasteiger partial charge in [-0.15, -0.1) is 0 Å². The Labute approximate surface area is 152 Å². The van der Waals surface area contributed by atoms with E-state index in [1.165, 1.54) is 12.6 Å². The van der Waals surface area contributed by atoms with Crippen molar-refractivity contribution in [2.24, 2.45) is 5.41 Å². The Morgan fingerprint density at radius 1 is 1.35 bits per heavy atom. The van der Waals surface area contributed by atoms with Gasteiger partial charge in [0.2, 0.25) is 0 Å². The minimum Gasteiger partial charge on any atom is -0.396 e. The molecule has 3 heterocycles. The third-order valence-electron chi connectivity index (χ3n) is 5.34. The smallest absolute Gasteiger partial charge is 0.165 e. The van der Waals surface area contributed by atoms with E-state index in [1.54, 1.807) is 13.3 Å². The second-order valence-electron chi connectivity index (χ2n) is 7.28. The zero-order valence-electron chi connectivity index (χ0n) is 15.5. The molecule has 0 bridgehead atoms. The lowest BCUT2D eigenvalue weighted by Crippen LogP contribution is -2.48. The molecule has 0 radical (unpaired) electrons. The largest absolute Gasteiger partial charge is 0.396 e. The van der Waals surface area contributed by atoms with E-state index < -0.39 is 15.1 Å². The van der Waals surface area contributed by atoms with Crippen molar-refractivity contribution < 1.29 is 18.3 Å². The van der Waals surface area contributed by atoms with Crippen LogP contribution in [0.15, 0.2) is 12.7 Å². The molecule has 2 aromatic heterocycles. The molecule has 1 aliphatic heterocycles. The van der Waals surface area contributed by atoms with E-state index in [9.17, 15) is 13.5 Å². The summed E-state index contributed by atoms with van der Waals surface area (Å²) in [6, 6.07) is -0.280. The Hall–Kier alpha value is -1.78. The van der Waals surface area contributed by atoms with Crippen LogP contribution >= 0.6 is 0 Å². The normalized spacial score (nSPS) is 19.1. The summed E-state index contributed by atoms with van der Waals surface area (Å²) in [5.74, 6) is 0.583. The molecule has 1 fully saturated rings. The lowest BCUT2D eigenvalue weighted by molar-refractivity contribution is -0.144. The molecule has 2 unspecified atom stereocenters. The summed E-state index contributed by atoms with van der Waals surface area (Å²) in [6.45, 7) is 5.13. The standard InChI is InChI=1S/C16H25N5O4S/c1-11(12(2)26(4,23)24)20(3)14-13-15(18-9-17-14)21(10-19-13)5-16(6-22)7-25-8-16/h9-12,22H,5-8H2,1-4H3. The van der Waals surface area contributed by atoms with Crippen LogP contribution in [-0.4, -0.2) is 77.5 Å². The van der Waals surface area contributed by atoms with Gasteiger partial charge in [0.25, 0.3) is 0 Å². The van der Waals surface area contributed by atoms with Crippen molar-refractivity contribution in [1.82, 2.24) is 19.5 Å². The highest BCUT2D eigenvalue weighted by Crippen LogP contribution is 2.31. The maximum Gasteiger partial charge on any atom is 0.165 e. The van der Waals surface area contributed by atoms with Crippen LogP contribution in [-0.2, 0) is 21.1 Å². The molecule has 2 aromatic rings. The number of aliphatic hydroxyl groups excluding tert-OH is 1. The van der Waals surface area contributed by atoms with Gasteiger partial charge in [-0.1, -0.05) is 0 Å². The molecule has 2 atom stereocenters. The zero-order valence-corrected chi connectivity index (χ0v) is 16.3. The highest BCUT2D eigenvalue weighted by molar-refractivity contribution is 7.91. The van der Waals surface area contributed by atoms with Crippen LogP contribution in [0.5, 0.6) is 0 Å². The lowest BCUT2D eigenvalue weighted by Gasteiger charge is -2.39. The molecule has 9 nitrogen and oxygen atoms in total. The molecule has 0 aromatic carbocycles. The van der Waals surface area contributed by atoms with Crippen molar-refractivity contribution in [1.29, 1.82) is 0 Å². The van der Waals surface area contributed by atoms with Crippen molar-refractivity contribution in [3.8, 4) is 0 Å². The maximum absolute atomic E-state index is 11.9. The number of imidazole rings is 1. The Balaban J connectivity index is 1.93. The molecule has 1 aliphatic rings. The van der Waals surface area contributed by atoms with Gasteiger partial charge in [-0.05, 0) is 13.8 Å². The number of hydrogen-bond acceptors (Lipinski definition) is 8. The molecule has 3 rings (SSSR count). The molecule has 10 heteroatoms. The van der Waals surface area contributed by atoms with Crippen LogP contribution in [0.2, 0.25) is 0 Å². The van der Waals surface area contributed by atoms with Gasteiger partial charge in [-0.2, -0.15) is 0 Å². The third kappa shape index (κ3) is 3.28. The first-order valence-electron chi connectivity index (χ1n) is 8.45. The summed E-state index contributed by atoms with van der Waals surface area (Å²) in [6.07, 6.45) is 4.37. The van der Waals surface area contributed by atoms with E-state index in [1.807, 2.05) is 23.4 Å². The van der Waals surface area contributed by atoms with Gasteiger partial charge < -0.3 is 19.3 Å². The molecule has 26 heavy (non-hydrogen) atoms. The second kappa shape index (κ2) is 6.75. The van der Waals surface area contributed by atoms with Crippen LogP contribution in [0.4, 0.5) is 5.82 Å². The Morgan fingerprint density at radius 3 is 2.58 bits per heavy atom. The number of rotatable bonds is 7. The zero-order chi connectivity index (χ0) is 19.1. The molecule has 0 spiro atoms. The Bertz CT molecular complexity index is 888. The van der Waals surface area contributed by atoms with Crippen LogP contribution < -0.4 is 4.90 Å². The molecule has 1 saturated heterocycles. The minimum atomic E-state index is -3.18. The quantitative estimate of drug-likeness (QED) is 0.716. The number of aromatic nitrogens is 4. The van der Waals surface area contributed by atoms with E-state index >= 15 is 0 Å². The monoisotopic (exact) mass is 383 g/mol. The topological polar surface area (TPSA) is 110 Å². The fourth-order valence-electron chi connectivity index (χ4n) is 3.09. The van der Waals surface area contributed by atoms with Crippen LogP contribution in [0, 0.1) is 5.41 Å². The average molecular weight is 383 g/mol. The lowest BCUT2D eigenvalue weighted by atomic mass is 9.87. The Kier molecular flexibility index (Phi) is 4.93. The van der Waals surface area contributed by atoms with Gasteiger partial charge in [-0.3, -0.25) is 0 Å². The Morgan fingerprint density at radius 2 is 2.04 bits per heavy atom. The van der Waals surface area contributed by atoms with Gasteiger partial charge in [0, 0.05) is 25.9 Å². The number of anilines is 1. The number of fused-ring (bicyclic) bond motifs is 1. The predicted octanol–water partition coefficient (Wildman–Crippen LogP) is 0.0930. The van der Waals surface area contributed by atoms with Crippen molar-refractivity contribution in [2.45, 2.75) is 31.7 Å². The van der Waals surface area contributed by atoms with E-state index in [4.69, 9.17) is 4.74 Å². The van der Waals surface area contributed by atoms with E-state index in [-0.39, 0.29) is 18.1 Å². The van der Waals surface area contributed by atoms with Gasteiger partial charge in [-0.25, -0.2) is 23.4 Å².